The predicted octanol–water partition coefficient (Wildman–Crippen LogP) is 2.29. The molecular weight excluding hydrogens is 220 g/mol. The van der Waals surface area contributed by atoms with Crippen molar-refractivity contribution < 1.29 is 9.00 Å². The number of hydrogen-bond acceptors (Lipinski definition) is 2. The van der Waals surface area contributed by atoms with Crippen molar-refractivity contribution >= 4 is 28.2 Å². The molecule has 2 atom stereocenters. The number of carbonyl (C=O) groups is 1. The van der Waals surface area contributed by atoms with Crippen LogP contribution in [0.1, 0.15) is 17.3 Å². The van der Waals surface area contributed by atoms with E-state index < -0.39 is 16.0 Å². The molecule has 0 spiro atoms. The molecule has 0 aromatic heterocycles. The summed E-state index contributed by atoms with van der Waals surface area (Å²) < 4.78 is 11.1. The Hall–Kier alpha value is -0.670. The monoisotopic (exact) mass is 230 g/mol. The Morgan fingerprint density at radius 1 is 1.50 bits per heavy atom. The molecule has 1 rings (SSSR count). The van der Waals surface area contributed by atoms with Crippen LogP contribution in [0.15, 0.2) is 24.3 Å². The van der Waals surface area contributed by atoms with E-state index >= 15 is 0 Å². The molecule has 0 N–H and O–H groups in total. The quantitative estimate of drug-likeness (QED) is 0.747. The Labute approximate surface area is 90.7 Å². The van der Waals surface area contributed by atoms with Crippen LogP contribution in [0, 0.1) is 0 Å². The minimum absolute atomic E-state index is 0.131. The molecule has 1 aromatic rings. The maximum absolute atomic E-state index is 11.7. The topological polar surface area (TPSA) is 34.1 Å². The second-order valence-electron chi connectivity index (χ2n) is 3.02. The van der Waals surface area contributed by atoms with E-state index in [0.717, 1.165) is 0 Å². The van der Waals surface area contributed by atoms with Crippen molar-refractivity contribution in [1.29, 1.82) is 0 Å². The van der Waals surface area contributed by atoms with Crippen molar-refractivity contribution in [2.45, 2.75) is 12.2 Å². The Balaban J connectivity index is 2.95. The highest BCUT2D eigenvalue weighted by Gasteiger charge is 2.18. The van der Waals surface area contributed by atoms with Gasteiger partial charge in [-0.2, -0.15) is 0 Å². The fourth-order valence-electron chi connectivity index (χ4n) is 1.03. The number of Topliss-reactive ketones (excluding diaryl/α,β-unsaturated/α-hetero) is 1. The first-order valence-corrected chi connectivity index (χ1v) is 6.14. The number of hydrogen-bond donors (Lipinski definition) is 0. The molecule has 0 amide bonds. The minimum Gasteiger partial charge on any atom is -0.293 e. The van der Waals surface area contributed by atoms with Crippen LogP contribution in [0.25, 0.3) is 0 Å². The minimum atomic E-state index is -1.14. The zero-order chi connectivity index (χ0) is 10.7. The summed E-state index contributed by atoms with van der Waals surface area (Å²) >= 11 is 5.75. The highest BCUT2D eigenvalue weighted by molar-refractivity contribution is 7.85. The zero-order valence-corrected chi connectivity index (χ0v) is 9.56. The first-order valence-electron chi connectivity index (χ1n) is 4.14. The molecule has 4 heteroatoms. The summed E-state index contributed by atoms with van der Waals surface area (Å²) in [7, 11) is -1.14. The third-order valence-electron chi connectivity index (χ3n) is 1.98. The van der Waals surface area contributed by atoms with Crippen molar-refractivity contribution in [2.75, 3.05) is 6.26 Å². The number of halogens is 1. The predicted molar refractivity (Wildman–Crippen MR) is 59.3 cm³/mol. The van der Waals surface area contributed by atoms with E-state index in [1.54, 1.807) is 31.2 Å². The highest BCUT2D eigenvalue weighted by Crippen LogP contribution is 2.13. The van der Waals surface area contributed by atoms with Gasteiger partial charge in [-0.3, -0.25) is 9.00 Å². The van der Waals surface area contributed by atoms with Crippen molar-refractivity contribution in [1.82, 2.24) is 0 Å². The van der Waals surface area contributed by atoms with Crippen LogP contribution in [0.2, 0.25) is 5.02 Å². The van der Waals surface area contributed by atoms with E-state index in [1.807, 2.05) is 0 Å². The van der Waals surface area contributed by atoms with Gasteiger partial charge in [-0.15, -0.1) is 0 Å². The Morgan fingerprint density at radius 2 is 2.14 bits per heavy atom. The van der Waals surface area contributed by atoms with E-state index in [2.05, 4.69) is 0 Å². The van der Waals surface area contributed by atoms with Crippen molar-refractivity contribution in [3.63, 3.8) is 0 Å². The Bertz CT molecular complexity index is 376. The van der Waals surface area contributed by atoms with Crippen LogP contribution in [0.5, 0.6) is 0 Å². The van der Waals surface area contributed by atoms with Crippen LogP contribution in [0.3, 0.4) is 0 Å². The molecule has 0 radical (unpaired) electrons. The summed E-state index contributed by atoms with van der Waals surface area (Å²) in [6, 6.07) is 6.68. The summed E-state index contributed by atoms with van der Waals surface area (Å²) in [4.78, 5) is 11.7. The van der Waals surface area contributed by atoms with Crippen LogP contribution < -0.4 is 0 Å². The van der Waals surface area contributed by atoms with Crippen LogP contribution in [0.4, 0.5) is 0 Å². The van der Waals surface area contributed by atoms with E-state index in [4.69, 9.17) is 11.6 Å². The first-order chi connectivity index (χ1) is 6.52. The normalized spacial score (nSPS) is 14.8. The first kappa shape index (κ1) is 11.4. The fourth-order valence-corrected chi connectivity index (χ4v) is 1.66. The molecule has 1 aromatic carbocycles. The molecular formula is C10H11ClO2S. The lowest BCUT2D eigenvalue weighted by Gasteiger charge is -2.06. The van der Waals surface area contributed by atoms with Gasteiger partial charge >= 0.3 is 0 Å². The lowest BCUT2D eigenvalue weighted by Crippen LogP contribution is -2.21. The lowest BCUT2D eigenvalue weighted by atomic mass is 10.1. The summed E-state index contributed by atoms with van der Waals surface area (Å²) in [5.41, 5.74) is 0.514. The molecule has 2 nitrogen and oxygen atoms in total. The molecule has 0 heterocycles. The standard InChI is InChI=1S/C10H11ClO2S/c1-7(14(2)13)10(12)8-4-3-5-9(11)6-8/h3-7H,1-2H3. The molecule has 0 aliphatic carbocycles. The molecule has 2 unspecified atom stereocenters. The lowest BCUT2D eigenvalue weighted by molar-refractivity contribution is 0.0993. The summed E-state index contributed by atoms with van der Waals surface area (Å²) in [5.74, 6) is -0.131. The second-order valence-corrected chi connectivity index (χ2v) is 5.16. The molecule has 0 saturated heterocycles. The van der Waals surface area contributed by atoms with Crippen LogP contribution in [-0.2, 0) is 10.8 Å². The van der Waals surface area contributed by atoms with Gasteiger partial charge in [0.05, 0.1) is 5.25 Å². The molecule has 0 fully saturated rings. The van der Waals surface area contributed by atoms with E-state index in [1.165, 1.54) is 6.26 Å². The molecule has 0 aliphatic heterocycles. The second kappa shape index (κ2) is 4.71. The van der Waals surface area contributed by atoms with Gasteiger partial charge in [0.1, 0.15) is 0 Å². The third kappa shape index (κ3) is 2.66. The van der Waals surface area contributed by atoms with Gasteiger partial charge in [0.15, 0.2) is 5.78 Å². The highest BCUT2D eigenvalue weighted by atomic mass is 35.5. The fraction of sp³-hybridized carbons (Fsp3) is 0.300. The number of ketones is 1. The summed E-state index contributed by atoms with van der Waals surface area (Å²) in [6.45, 7) is 1.65. The van der Waals surface area contributed by atoms with Crippen molar-refractivity contribution in [3.8, 4) is 0 Å². The average Bonchev–Trinajstić information content (AvgIpc) is 2.15. The third-order valence-corrected chi connectivity index (χ3v) is 3.42. The Morgan fingerprint density at radius 3 is 2.64 bits per heavy atom. The van der Waals surface area contributed by atoms with Gasteiger partial charge in [0.25, 0.3) is 0 Å². The van der Waals surface area contributed by atoms with Gasteiger partial charge in [-0.1, -0.05) is 23.7 Å². The SMILES string of the molecule is CC(C(=O)c1cccc(Cl)c1)S(C)=O. The van der Waals surface area contributed by atoms with Gasteiger partial charge in [-0.05, 0) is 19.1 Å². The van der Waals surface area contributed by atoms with Crippen molar-refractivity contribution in [3.05, 3.63) is 34.9 Å². The Kier molecular flexibility index (Phi) is 3.84. The van der Waals surface area contributed by atoms with Gasteiger partial charge in [0, 0.05) is 27.6 Å². The molecule has 76 valence electrons. The van der Waals surface area contributed by atoms with Crippen LogP contribution in [-0.4, -0.2) is 21.5 Å². The summed E-state index contributed by atoms with van der Waals surface area (Å²) in [6.07, 6.45) is 1.52. The number of rotatable bonds is 3. The van der Waals surface area contributed by atoms with E-state index in [-0.39, 0.29) is 5.78 Å². The van der Waals surface area contributed by atoms with E-state index in [9.17, 15) is 9.00 Å². The summed E-state index contributed by atoms with van der Waals surface area (Å²) in [5, 5.41) is 0.0402. The van der Waals surface area contributed by atoms with E-state index in [0.29, 0.717) is 10.6 Å². The van der Waals surface area contributed by atoms with Crippen LogP contribution >= 0.6 is 11.6 Å². The maximum Gasteiger partial charge on any atom is 0.178 e. The average molecular weight is 231 g/mol. The molecule has 0 bridgehead atoms. The van der Waals surface area contributed by atoms with Crippen molar-refractivity contribution in [2.24, 2.45) is 0 Å². The zero-order valence-electron chi connectivity index (χ0n) is 7.99. The van der Waals surface area contributed by atoms with Gasteiger partial charge in [0.2, 0.25) is 0 Å². The molecule has 0 saturated carbocycles. The molecule has 14 heavy (non-hydrogen) atoms. The largest absolute Gasteiger partial charge is 0.293 e. The van der Waals surface area contributed by atoms with Gasteiger partial charge in [-0.25, -0.2) is 0 Å². The maximum atomic E-state index is 11.7. The molecule has 0 aliphatic rings. The number of carbonyl (C=O) groups excluding carboxylic acids is 1. The number of benzene rings is 1. The van der Waals surface area contributed by atoms with Gasteiger partial charge < -0.3 is 0 Å². The smallest absolute Gasteiger partial charge is 0.178 e.